The summed E-state index contributed by atoms with van der Waals surface area (Å²) in [6.45, 7) is 6.82. The van der Waals surface area contributed by atoms with Crippen molar-refractivity contribution in [2.24, 2.45) is 5.92 Å². The maximum absolute atomic E-state index is 12.3. The second-order valence-electron chi connectivity index (χ2n) is 6.49. The van der Waals surface area contributed by atoms with Gasteiger partial charge >= 0.3 is 0 Å². The summed E-state index contributed by atoms with van der Waals surface area (Å²) in [6.07, 6.45) is 0.341. The van der Waals surface area contributed by atoms with Crippen molar-refractivity contribution in [3.63, 3.8) is 0 Å². The van der Waals surface area contributed by atoms with Gasteiger partial charge in [0.1, 0.15) is 5.75 Å². The second kappa shape index (κ2) is 9.16. The van der Waals surface area contributed by atoms with E-state index in [-0.39, 0.29) is 11.9 Å². The van der Waals surface area contributed by atoms with Crippen molar-refractivity contribution in [3.8, 4) is 11.8 Å². The van der Waals surface area contributed by atoms with Crippen molar-refractivity contribution in [1.82, 2.24) is 10.2 Å². The molecule has 0 aromatic heterocycles. The lowest BCUT2D eigenvalue weighted by Crippen LogP contribution is -2.47. The van der Waals surface area contributed by atoms with E-state index in [1.165, 1.54) is 0 Å². The first-order valence-corrected chi connectivity index (χ1v) is 7.93. The van der Waals surface area contributed by atoms with Crippen LogP contribution >= 0.6 is 0 Å². The molecule has 1 aromatic rings. The van der Waals surface area contributed by atoms with Crippen LogP contribution in [-0.4, -0.2) is 43.6 Å². The van der Waals surface area contributed by atoms with Crippen LogP contribution in [0.5, 0.6) is 5.75 Å². The van der Waals surface area contributed by atoms with Crippen LogP contribution in [0.25, 0.3) is 0 Å². The van der Waals surface area contributed by atoms with Gasteiger partial charge in [0.2, 0.25) is 0 Å². The van der Waals surface area contributed by atoms with Crippen molar-refractivity contribution < 1.29 is 9.53 Å². The molecule has 23 heavy (non-hydrogen) atoms. The molecule has 0 heterocycles. The van der Waals surface area contributed by atoms with E-state index >= 15 is 0 Å². The number of nitrogens with one attached hydrogen (secondary N) is 1. The van der Waals surface area contributed by atoms with E-state index in [1.54, 1.807) is 31.2 Å². The molecular weight excluding hydrogens is 290 g/mol. The Bertz CT molecular complexity index is 522. The number of carbonyl (C=O) groups is 1. The Morgan fingerprint density at radius 1 is 1.26 bits per heavy atom. The number of rotatable bonds is 8. The molecule has 126 valence electrons. The first-order valence-electron chi connectivity index (χ1n) is 7.93. The van der Waals surface area contributed by atoms with E-state index in [1.807, 2.05) is 14.1 Å². The molecule has 0 aliphatic rings. The molecule has 5 nitrogen and oxygen atoms in total. The normalized spacial score (nSPS) is 13.5. The lowest BCUT2D eigenvalue weighted by Gasteiger charge is -2.25. The summed E-state index contributed by atoms with van der Waals surface area (Å²) in [5.41, 5.74) is 0.567. The third-order valence-corrected chi connectivity index (χ3v) is 3.35. The number of hydrogen-bond donors (Lipinski definition) is 1. The van der Waals surface area contributed by atoms with Gasteiger partial charge in [-0.25, -0.2) is 0 Å². The SMILES string of the molecule is CC(C)CC(CN(C)C)NC(=O)C(C)Oc1ccc(C#N)cc1. The van der Waals surface area contributed by atoms with Gasteiger partial charge in [-0.05, 0) is 57.6 Å². The van der Waals surface area contributed by atoms with Gasteiger partial charge in [0.05, 0.1) is 11.6 Å². The molecule has 1 rings (SSSR count). The minimum absolute atomic E-state index is 0.101. The van der Waals surface area contributed by atoms with Crippen molar-refractivity contribution in [2.75, 3.05) is 20.6 Å². The van der Waals surface area contributed by atoms with Gasteiger partial charge in [-0.1, -0.05) is 13.8 Å². The van der Waals surface area contributed by atoms with Gasteiger partial charge in [-0.3, -0.25) is 4.79 Å². The second-order valence-corrected chi connectivity index (χ2v) is 6.49. The fourth-order valence-electron chi connectivity index (χ4n) is 2.37. The van der Waals surface area contributed by atoms with E-state index in [9.17, 15) is 4.79 Å². The average molecular weight is 317 g/mol. The topological polar surface area (TPSA) is 65.4 Å². The summed E-state index contributed by atoms with van der Waals surface area (Å²) in [7, 11) is 3.99. The predicted octanol–water partition coefficient (Wildman–Crippen LogP) is 2.42. The van der Waals surface area contributed by atoms with Crippen molar-refractivity contribution >= 4 is 5.91 Å². The lowest BCUT2D eigenvalue weighted by atomic mass is 10.0. The Kier molecular flexibility index (Phi) is 7.56. The first-order chi connectivity index (χ1) is 10.8. The number of hydrogen-bond acceptors (Lipinski definition) is 4. The maximum Gasteiger partial charge on any atom is 0.261 e. The molecule has 2 atom stereocenters. The summed E-state index contributed by atoms with van der Waals surface area (Å²) in [5.74, 6) is 0.969. The zero-order valence-corrected chi connectivity index (χ0v) is 14.7. The number of ether oxygens (including phenoxy) is 1. The van der Waals surface area contributed by atoms with Crippen LogP contribution < -0.4 is 10.1 Å². The number of nitrogens with zero attached hydrogens (tertiary/aromatic N) is 2. The van der Waals surface area contributed by atoms with Crippen LogP contribution in [0, 0.1) is 17.2 Å². The van der Waals surface area contributed by atoms with Crippen LogP contribution in [0.3, 0.4) is 0 Å². The van der Waals surface area contributed by atoms with E-state index in [0.717, 1.165) is 13.0 Å². The summed E-state index contributed by atoms with van der Waals surface area (Å²) in [4.78, 5) is 14.4. The summed E-state index contributed by atoms with van der Waals surface area (Å²) in [6, 6.07) is 8.91. The molecule has 1 N–H and O–H groups in total. The maximum atomic E-state index is 12.3. The molecule has 0 aliphatic heterocycles. The Balaban J connectivity index is 2.60. The van der Waals surface area contributed by atoms with Crippen LogP contribution in [0.2, 0.25) is 0 Å². The largest absolute Gasteiger partial charge is 0.481 e. The Hall–Kier alpha value is -2.06. The molecule has 0 saturated carbocycles. The van der Waals surface area contributed by atoms with Crippen LogP contribution in [0.15, 0.2) is 24.3 Å². The van der Waals surface area contributed by atoms with Gasteiger partial charge < -0.3 is 15.0 Å². The number of nitriles is 1. The van der Waals surface area contributed by atoms with Gasteiger partial charge in [0.25, 0.3) is 5.91 Å². The van der Waals surface area contributed by atoms with Crippen molar-refractivity contribution in [1.29, 1.82) is 5.26 Å². The molecule has 0 fully saturated rings. The molecule has 1 amide bonds. The van der Waals surface area contributed by atoms with E-state index in [2.05, 4.69) is 30.1 Å². The van der Waals surface area contributed by atoms with E-state index in [4.69, 9.17) is 10.00 Å². The molecular formula is C18H27N3O2. The Labute approximate surface area is 139 Å². The molecule has 0 saturated heterocycles. The fraction of sp³-hybridized carbons (Fsp3) is 0.556. The zero-order chi connectivity index (χ0) is 17.4. The predicted molar refractivity (Wildman–Crippen MR) is 91.2 cm³/mol. The van der Waals surface area contributed by atoms with Crippen LogP contribution in [0.1, 0.15) is 32.8 Å². The van der Waals surface area contributed by atoms with Gasteiger partial charge in [-0.2, -0.15) is 5.26 Å². The molecule has 0 bridgehead atoms. The molecule has 5 heteroatoms. The first kappa shape index (κ1) is 19.0. The van der Waals surface area contributed by atoms with Crippen molar-refractivity contribution in [2.45, 2.75) is 39.3 Å². The van der Waals surface area contributed by atoms with Gasteiger partial charge in [0.15, 0.2) is 6.10 Å². The summed E-state index contributed by atoms with van der Waals surface area (Å²) in [5, 5.41) is 11.8. The average Bonchev–Trinajstić information content (AvgIpc) is 2.46. The minimum Gasteiger partial charge on any atom is -0.481 e. The summed E-state index contributed by atoms with van der Waals surface area (Å²) >= 11 is 0. The van der Waals surface area contributed by atoms with Crippen LogP contribution in [0.4, 0.5) is 0 Å². The number of likely N-dealkylation sites (N-methyl/N-ethyl adjacent to an activating group) is 1. The standard InChI is InChI=1S/C18H27N3O2/c1-13(2)10-16(12-21(4)5)20-18(22)14(3)23-17-8-6-15(11-19)7-9-17/h6-9,13-14,16H,10,12H2,1-5H3,(H,20,22). The Morgan fingerprint density at radius 2 is 1.87 bits per heavy atom. The molecule has 1 aromatic carbocycles. The van der Waals surface area contributed by atoms with Gasteiger partial charge in [0, 0.05) is 12.6 Å². The molecule has 2 unspecified atom stereocenters. The van der Waals surface area contributed by atoms with Gasteiger partial charge in [-0.15, -0.1) is 0 Å². The van der Waals surface area contributed by atoms with E-state index < -0.39 is 6.10 Å². The lowest BCUT2D eigenvalue weighted by molar-refractivity contribution is -0.128. The molecule has 0 aliphatic carbocycles. The fourth-order valence-corrected chi connectivity index (χ4v) is 2.37. The highest BCUT2D eigenvalue weighted by Gasteiger charge is 2.20. The third-order valence-electron chi connectivity index (χ3n) is 3.35. The summed E-state index contributed by atoms with van der Waals surface area (Å²) < 4.78 is 5.65. The quantitative estimate of drug-likeness (QED) is 0.799. The monoisotopic (exact) mass is 317 g/mol. The third kappa shape index (κ3) is 7.16. The van der Waals surface area contributed by atoms with Crippen LogP contribution in [-0.2, 0) is 4.79 Å². The number of amides is 1. The molecule has 0 spiro atoms. The highest BCUT2D eigenvalue weighted by atomic mass is 16.5. The highest BCUT2D eigenvalue weighted by Crippen LogP contribution is 2.14. The number of benzene rings is 1. The minimum atomic E-state index is -0.584. The zero-order valence-electron chi connectivity index (χ0n) is 14.7. The van der Waals surface area contributed by atoms with E-state index in [0.29, 0.717) is 17.2 Å². The smallest absolute Gasteiger partial charge is 0.261 e. The molecule has 0 radical (unpaired) electrons. The number of carbonyl (C=O) groups excluding carboxylic acids is 1. The van der Waals surface area contributed by atoms with Crippen molar-refractivity contribution in [3.05, 3.63) is 29.8 Å². The highest BCUT2D eigenvalue weighted by molar-refractivity contribution is 5.81. The Morgan fingerprint density at radius 3 is 2.35 bits per heavy atom.